The monoisotopic (exact) mass is 299 g/mol. The summed E-state index contributed by atoms with van der Waals surface area (Å²) < 4.78 is 10.6. The molecule has 2 aromatic rings. The average molecular weight is 299 g/mol. The third kappa shape index (κ3) is 3.38. The highest BCUT2D eigenvalue weighted by molar-refractivity contribution is 5.74. The van der Waals surface area contributed by atoms with Crippen LogP contribution < -0.4 is 14.8 Å². The van der Waals surface area contributed by atoms with E-state index in [1.807, 2.05) is 48.5 Å². The maximum atomic E-state index is 11.4. The molecule has 114 valence electrons. The van der Waals surface area contributed by atoms with E-state index in [0.29, 0.717) is 24.5 Å². The van der Waals surface area contributed by atoms with Crippen molar-refractivity contribution in [2.24, 2.45) is 0 Å². The zero-order valence-electron chi connectivity index (χ0n) is 12.0. The summed E-state index contributed by atoms with van der Waals surface area (Å²) in [5.41, 5.74) is 1.96. The van der Waals surface area contributed by atoms with Crippen LogP contribution in [0.5, 0.6) is 11.5 Å². The van der Waals surface area contributed by atoms with E-state index in [1.54, 1.807) is 0 Å². The molecule has 0 radical (unpaired) electrons. The van der Waals surface area contributed by atoms with Crippen molar-refractivity contribution in [1.29, 1.82) is 0 Å². The van der Waals surface area contributed by atoms with E-state index in [4.69, 9.17) is 9.47 Å². The number of nitrogens with one attached hydrogen (secondary N) is 1. The van der Waals surface area contributed by atoms with Crippen molar-refractivity contribution in [1.82, 2.24) is 5.32 Å². The lowest BCUT2D eigenvalue weighted by molar-refractivity contribution is -0.139. The fraction of sp³-hybridized carbons (Fsp3) is 0.235. The molecule has 5 nitrogen and oxygen atoms in total. The van der Waals surface area contributed by atoms with E-state index < -0.39 is 12.0 Å². The molecular formula is C17H17NO4. The van der Waals surface area contributed by atoms with Gasteiger partial charge in [0.1, 0.15) is 6.04 Å². The van der Waals surface area contributed by atoms with Crippen LogP contribution in [0.3, 0.4) is 0 Å². The largest absolute Gasteiger partial charge is 0.480 e. The fourth-order valence-electron chi connectivity index (χ4n) is 2.39. The molecule has 1 aliphatic heterocycles. The standard InChI is InChI=1S/C17H17NO4/c19-17(20)14(18-10-12-4-2-1-3-5-12)8-13-6-7-15-16(9-13)22-11-21-15/h1-7,9,14,18H,8,10-11H2,(H,19,20)/t14-/m0/s1. The van der Waals surface area contributed by atoms with Gasteiger partial charge in [0.05, 0.1) is 0 Å². The minimum absolute atomic E-state index is 0.216. The van der Waals surface area contributed by atoms with Crippen LogP contribution in [-0.2, 0) is 17.8 Å². The first-order valence-corrected chi connectivity index (χ1v) is 7.11. The number of aliphatic carboxylic acids is 1. The lowest BCUT2D eigenvalue weighted by Gasteiger charge is -2.15. The topological polar surface area (TPSA) is 67.8 Å². The number of hydrogen-bond acceptors (Lipinski definition) is 4. The summed E-state index contributed by atoms with van der Waals surface area (Å²) >= 11 is 0. The molecule has 3 rings (SSSR count). The summed E-state index contributed by atoms with van der Waals surface area (Å²) in [5, 5.41) is 12.5. The van der Waals surface area contributed by atoms with Crippen molar-refractivity contribution in [2.75, 3.05) is 6.79 Å². The molecule has 0 saturated heterocycles. The van der Waals surface area contributed by atoms with Gasteiger partial charge in [-0.15, -0.1) is 0 Å². The summed E-state index contributed by atoms with van der Waals surface area (Å²) in [6, 6.07) is 14.6. The third-order valence-electron chi connectivity index (χ3n) is 3.57. The van der Waals surface area contributed by atoms with Gasteiger partial charge in [-0.3, -0.25) is 4.79 Å². The summed E-state index contributed by atoms with van der Waals surface area (Å²) in [5.74, 6) is 0.506. The second-order valence-corrected chi connectivity index (χ2v) is 5.15. The Labute approximate surface area is 128 Å². The molecule has 0 aliphatic carbocycles. The van der Waals surface area contributed by atoms with E-state index in [-0.39, 0.29) is 6.79 Å². The van der Waals surface area contributed by atoms with Crippen LogP contribution in [-0.4, -0.2) is 23.9 Å². The zero-order valence-corrected chi connectivity index (χ0v) is 12.0. The van der Waals surface area contributed by atoms with Crippen LogP contribution in [0.15, 0.2) is 48.5 Å². The third-order valence-corrected chi connectivity index (χ3v) is 3.57. The van der Waals surface area contributed by atoms with Gasteiger partial charge in [0.15, 0.2) is 11.5 Å². The highest BCUT2D eigenvalue weighted by Gasteiger charge is 2.19. The molecule has 0 fully saturated rings. The number of benzene rings is 2. The summed E-state index contributed by atoms with van der Waals surface area (Å²) in [6.07, 6.45) is 0.388. The number of rotatable bonds is 6. The van der Waals surface area contributed by atoms with E-state index in [0.717, 1.165) is 11.1 Å². The van der Waals surface area contributed by atoms with Crippen LogP contribution >= 0.6 is 0 Å². The molecule has 0 bridgehead atoms. The number of fused-ring (bicyclic) bond motifs is 1. The molecule has 5 heteroatoms. The number of carboxylic acid groups (broad SMARTS) is 1. The van der Waals surface area contributed by atoms with Crippen molar-refractivity contribution in [3.8, 4) is 11.5 Å². The quantitative estimate of drug-likeness (QED) is 0.856. The van der Waals surface area contributed by atoms with Crippen molar-refractivity contribution in [3.63, 3.8) is 0 Å². The van der Waals surface area contributed by atoms with Crippen molar-refractivity contribution in [2.45, 2.75) is 19.0 Å². The van der Waals surface area contributed by atoms with Gasteiger partial charge in [0.25, 0.3) is 0 Å². The van der Waals surface area contributed by atoms with E-state index in [1.165, 1.54) is 0 Å². The van der Waals surface area contributed by atoms with E-state index in [9.17, 15) is 9.90 Å². The highest BCUT2D eigenvalue weighted by Crippen LogP contribution is 2.32. The van der Waals surface area contributed by atoms with Crippen molar-refractivity contribution < 1.29 is 19.4 Å². The second-order valence-electron chi connectivity index (χ2n) is 5.15. The SMILES string of the molecule is O=C(O)[C@H](Cc1ccc2c(c1)OCO2)NCc1ccccc1. The molecule has 2 aromatic carbocycles. The molecule has 1 atom stereocenters. The van der Waals surface area contributed by atoms with Crippen LogP contribution in [0.4, 0.5) is 0 Å². The first-order chi connectivity index (χ1) is 10.7. The van der Waals surface area contributed by atoms with Crippen molar-refractivity contribution in [3.05, 3.63) is 59.7 Å². The first kappa shape index (κ1) is 14.4. The van der Waals surface area contributed by atoms with Crippen LogP contribution in [0.1, 0.15) is 11.1 Å². The number of ether oxygens (including phenoxy) is 2. The Bertz CT molecular complexity index is 657. The molecule has 0 unspecified atom stereocenters. The molecule has 22 heavy (non-hydrogen) atoms. The fourth-order valence-corrected chi connectivity index (χ4v) is 2.39. The molecule has 0 amide bonds. The first-order valence-electron chi connectivity index (χ1n) is 7.11. The zero-order chi connectivity index (χ0) is 15.4. The smallest absolute Gasteiger partial charge is 0.321 e. The Morgan fingerprint density at radius 3 is 2.64 bits per heavy atom. The van der Waals surface area contributed by atoms with Gasteiger partial charge >= 0.3 is 5.97 Å². The minimum Gasteiger partial charge on any atom is -0.480 e. The maximum Gasteiger partial charge on any atom is 0.321 e. The van der Waals surface area contributed by atoms with Gasteiger partial charge < -0.3 is 19.9 Å². The van der Waals surface area contributed by atoms with Crippen molar-refractivity contribution >= 4 is 5.97 Å². The summed E-state index contributed by atoms with van der Waals surface area (Å²) in [6.45, 7) is 0.732. The lowest BCUT2D eigenvalue weighted by Crippen LogP contribution is -2.38. The van der Waals surface area contributed by atoms with Gasteiger partial charge in [0.2, 0.25) is 6.79 Å². The number of hydrogen-bond donors (Lipinski definition) is 2. The molecule has 0 aromatic heterocycles. The molecule has 2 N–H and O–H groups in total. The molecule has 1 aliphatic rings. The summed E-state index contributed by atoms with van der Waals surface area (Å²) in [4.78, 5) is 11.4. The van der Waals surface area contributed by atoms with E-state index in [2.05, 4.69) is 5.32 Å². The molecule has 0 saturated carbocycles. The van der Waals surface area contributed by atoms with Gasteiger partial charge in [-0.2, -0.15) is 0 Å². The Morgan fingerprint density at radius 1 is 1.09 bits per heavy atom. The Balaban J connectivity index is 1.65. The van der Waals surface area contributed by atoms with Gasteiger partial charge in [-0.05, 0) is 29.7 Å². The number of carbonyl (C=O) groups is 1. The van der Waals surface area contributed by atoms with Gasteiger partial charge in [-0.1, -0.05) is 36.4 Å². The van der Waals surface area contributed by atoms with Gasteiger partial charge in [0, 0.05) is 6.54 Å². The predicted octanol–water partition coefficient (Wildman–Crippen LogP) is 2.20. The van der Waals surface area contributed by atoms with Crippen LogP contribution in [0.25, 0.3) is 0 Å². The van der Waals surface area contributed by atoms with Crippen LogP contribution in [0.2, 0.25) is 0 Å². The summed E-state index contributed by atoms with van der Waals surface area (Å²) in [7, 11) is 0. The molecule has 0 spiro atoms. The second kappa shape index (κ2) is 6.49. The Morgan fingerprint density at radius 2 is 1.86 bits per heavy atom. The Hall–Kier alpha value is -2.53. The highest BCUT2D eigenvalue weighted by atomic mass is 16.7. The maximum absolute atomic E-state index is 11.4. The lowest BCUT2D eigenvalue weighted by atomic mass is 10.0. The molecule has 1 heterocycles. The predicted molar refractivity (Wildman–Crippen MR) is 81.0 cm³/mol. The normalized spacial score (nSPS) is 13.8. The Kier molecular flexibility index (Phi) is 4.25. The van der Waals surface area contributed by atoms with Gasteiger partial charge in [-0.25, -0.2) is 0 Å². The number of carboxylic acids is 1. The average Bonchev–Trinajstić information content (AvgIpc) is 2.99. The van der Waals surface area contributed by atoms with Crippen LogP contribution in [0, 0.1) is 0 Å². The molecular weight excluding hydrogens is 282 g/mol. The van der Waals surface area contributed by atoms with E-state index >= 15 is 0 Å². The minimum atomic E-state index is -0.867.